The fraction of sp³-hybridized carbons (Fsp3) is 0.500. The van der Waals surface area contributed by atoms with Gasteiger partial charge in [0.15, 0.2) is 0 Å². The minimum Gasteiger partial charge on any atom is -0.469 e. The van der Waals surface area contributed by atoms with Crippen molar-refractivity contribution in [3.8, 4) is 0 Å². The molecule has 1 heterocycles. The maximum absolute atomic E-state index is 11.4. The van der Waals surface area contributed by atoms with E-state index in [9.17, 15) is 4.79 Å². The maximum Gasteiger partial charge on any atom is 0.254 e. The molecule has 0 saturated heterocycles. The zero-order valence-electron chi connectivity index (χ0n) is 8.26. The summed E-state index contributed by atoms with van der Waals surface area (Å²) in [5.74, 6) is 1.16. The van der Waals surface area contributed by atoms with Crippen molar-refractivity contribution in [3.63, 3.8) is 0 Å². The van der Waals surface area contributed by atoms with Crippen molar-refractivity contribution in [2.45, 2.75) is 20.8 Å². The fourth-order valence-electron chi connectivity index (χ4n) is 0.961. The summed E-state index contributed by atoms with van der Waals surface area (Å²) in [6, 6.07) is 1.73. The molecule has 0 aliphatic rings. The van der Waals surface area contributed by atoms with Crippen molar-refractivity contribution in [3.05, 3.63) is 23.7 Å². The summed E-state index contributed by atoms with van der Waals surface area (Å²) in [4.78, 5) is 11.4. The summed E-state index contributed by atoms with van der Waals surface area (Å²) >= 11 is 0. The van der Waals surface area contributed by atoms with Crippen molar-refractivity contribution in [2.24, 2.45) is 5.92 Å². The highest BCUT2D eigenvalue weighted by Crippen LogP contribution is 2.05. The Labute approximate surface area is 78.1 Å². The summed E-state index contributed by atoms with van der Waals surface area (Å²) < 4.78 is 5.03. The van der Waals surface area contributed by atoms with E-state index in [-0.39, 0.29) is 5.91 Å². The Morgan fingerprint density at radius 3 is 2.77 bits per heavy atom. The molecule has 0 spiro atoms. The van der Waals surface area contributed by atoms with Gasteiger partial charge in [0.1, 0.15) is 12.0 Å². The number of furan rings is 1. The molecule has 0 fully saturated rings. The topological polar surface area (TPSA) is 42.2 Å². The first-order chi connectivity index (χ1) is 6.09. The average Bonchev–Trinajstić information content (AvgIpc) is 2.47. The maximum atomic E-state index is 11.4. The van der Waals surface area contributed by atoms with Crippen molar-refractivity contribution in [1.29, 1.82) is 0 Å². The van der Waals surface area contributed by atoms with Gasteiger partial charge in [-0.1, -0.05) is 13.8 Å². The molecule has 0 bridgehead atoms. The Hall–Kier alpha value is -1.25. The van der Waals surface area contributed by atoms with E-state index in [1.165, 1.54) is 6.26 Å². The highest BCUT2D eigenvalue weighted by atomic mass is 16.3. The molecule has 1 aromatic rings. The van der Waals surface area contributed by atoms with Gasteiger partial charge in [-0.25, -0.2) is 0 Å². The second-order valence-electron chi connectivity index (χ2n) is 3.55. The minimum absolute atomic E-state index is 0.0643. The molecule has 13 heavy (non-hydrogen) atoms. The van der Waals surface area contributed by atoms with Crippen molar-refractivity contribution < 1.29 is 9.21 Å². The summed E-state index contributed by atoms with van der Waals surface area (Å²) in [6.45, 7) is 6.63. The molecule has 0 aliphatic heterocycles. The molecule has 1 rings (SSSR count). The summed E-state index contributed by atoms with van der Waals surface area (Å²) in [5, 5.41) is 2.81. The number of carbonyl (C=O) groups is 1. The van der Waals surface area contributed by atoms with E-state index in [4.69, 9.17) is 4.42 Å². The van der Waals surface area contributed by atoms with Crippen LogP contribution in [0.15, 0.2) is 16.7 Å². The fourth-order valence-corrected chi connectivity index (χ4v) is 0.961. The predicted molar refractivity (Wildman–Crippen MR) is 50.6 cm³/mol. The van der Waals surface area contributed by atoms with Crippen LogP contribution in [0.4, 0.5) is 0 Å². The third kappa shape index (κ3) is 2.93. The van der Waals surface area contributed by atoms with Crippen molar-refractivity contribution in [2.75, 3.05) is 6.54 Å². The van der Waals surface area contributed by atoms with Gasteiger partial charge in [-0.05, 0) is 18.9 Å². The van der Waals surface area contributed by atoms with Crippen LogP contribution in [0.3, 0.4) is 0 Å². The summed E-state index contributed by atoms with van der Waals surface area (Å²) in [5.41, 5.74) is 0.596. The Kier molecular flexibility index (Phi) is 3.12. The zero-order valence-corrected chi connectivity index (χ0v) is 8.26. The van der Waals surface area contributed by atoms with Crippen LogP contribution < -0.4 is 5.32 Å². The van der Waals surface area contributed by atoms with E-state index in [0.717, 1.165) is 5.76 Å². The third-order valence-electron chi connectivity index (χ3n) is 1.66. The lowest BCUT2D eigenvalue weighted by Gasteiger charge is -2.05. The van der Waals surface area contributed by atoms with Gasteiger partial charge in [0.05, 0.1) is 5.56 Å². The first-order valence-corrected chi connectivity index (χ1v) is 4.43. The van der Waals surface area contributed by atoms with Gasteiger partial charge in [-0.2, -0.15) is 0 Å². The molecular formula is C10H15NO2. The molecule has 0 unspecified atom stereocenters. The largest absolute Gasteiger partial charge is 0.469 e. The lowest BCUT2D eigenvalue weighted by molar-refractivity contribution is 0.0948. The quantitative estimate of drug-likeness (QED) is 0.774. The minimum atomic E-state index is -0.0643. The first kappa shape index (κ1) is 9.84. The standard InChI is InChI=1S/C10H15NO2/c1-7(2)5-11-10(12)9-4-8(3)13-6-9/h4,6-7H,5H2,1-3H3,(H,11,12). The van der Waals surface area contributed by atoms with Crippen molar-refractivity contribution in [1.82, 2.24) is 5.32 Å². The van der Waals surface area contributed by atoms with Gasteiger partial charge >= 0.3 is 0 Å². The second-order valence-corrected chi connectivity index (χ2v) is 3.55. The van der Waals surface area contributed by atoms with Crippen LogP contribution >= 0.6 is 0 Å². The highest BCUT2D eigenvalue weighted by molar-refractivity contribution is 5.93. The van der Waals surface area contributed by atoms with Gasteiger partial charge in [0, 0.05) is 6.54 Å². The van der Waals surface area contributed by atoms with Gasteiger partial charge in [0.2, 0.25) is 0 Å². The molecule has 1 aromatic heterocycles. The molecule has 0 radical (unpaired) electrons. The SMILES string of the molecule is Cc1cc(C(=O)NCC(C)C)co1. The van der Waals surface area contributed by atoms with E-state index >= 15 is 0 Å². The number of hydrogen-bond acceptors (Lipinski definition) is 2. The predicted octanol–water partition coefficient (Wildman–Crippen LogP) is 1.97. The smallest absolute Gasteiger partial charge is 0.254 e. The van der Waals surface area contributed by atoms with Gasteiger partial charge < -0.3 is 9.73 Å². The van der Waals surface area contributed by atoms with Crippen LogP contribution in [-0.4, -0.2) is 12.5 Å². The molecule has 3 nitrogen and oxygen atoms in total. The number of amides is 1. The summed E-state index contributed by atoms with van der Waals surface area (Å²) in [7, 11) is 0. The molecule has 1 N–H and O–H groups in total. The van der Waals surface area contributed by atoms with Crippen LogP contribution in [0.25, 0.3) is 0 Å². The van der Waals surface area contributed by atoms with Crippen LogP contribution in [0.1, 0.15) is 30.0 Å². The molecule has 3 heteroatoms. The van der Waals surface area contributed by atoms with Crippen LogP contribution in [0.2, 0.25) is 0 Å². The van der Waals surface area contributed by atoms with Gasteiger partial charge in [-0.15, -0.1) is 0 Å². The second kappa shape index (κ2) is 4.12. The Morgan fingerprint density at radius 2 is 2.31 bits per heavy atom. The molecule has 0 aliphatic carbocycles. The molecule has 0 atom stereocenters. The zero-order chi connectivity index (χ0) is 9.84. The third-order valence-corrected chi connectivity index (χ3v) is 1.66. The number of hydrogen-bond donors (Lipinski definition) is 1. The van der Waals surface area contributed by atoms with E-state index in [0.29, 0.717) is 18.0 Å². The van der Waals surface area contributed by atoms with E-state index in [1.54, 1.807) is 6.07 Å². The van der Waals surface area contributed by atoms with E-state index in [1.807, 2.05) is 6.92 Å². The van der Waals surface area contributed by atoms with Crippen LogP contribution in [0, 0.1) is 12.8 Å². The van der Waals surface area contributed by atoms with Gasteiger partial charge in [-0.3, -0.25) is 4.79 Å². The monoisotopic (exact) mass is 181 g/mol. The average molecular weight is 181 g/mol. The Bertz CT molecular complexity index is 289. The number of nitrogens with one attached hydrogen (secondary N) is 1. The number of carbonyl (C=O) groups excluding carboxylic acids is 1. The normalized spacial score (nSPS) is 10.5. The summed E-state index contributed by atoms with van der Waals surface area (Å²) in [6.07, 6.45) is 1.48. The van der Waals surface area contributed by atoms with Crippen molar-refractivity contribution >= 4 is 5.91 Å². The lowest BCUT2D eigenvalue weighted by atomic mass is 10.2. The molecule has 0 aromatic carbocycles. The Morgan fingerprint density at radius 1 is 1.62 bits per heavy atom. The van der Waals surface area contributed by atoms with E-state index in [2.05, 4.69) is 19.2 Å². The van der Waals surface area contributed by atoms with E-state index < -0.39 is 0 Å². The number of aryl methyl sites for hydroxylation is 1. The highest BCUT2D eigenvalue weighted by Gasteiger charge is 2.07. The van der Waals surface area contributed by atoms with Gasteiger partial charge in [0.25, 0.3) is 5.91 Å². The molecular weight excluding hydrogens is 166 g/mol. The molecule has 0 saturated carbocycles. The molecule has 1 amide bonds. The first-order valence-electron chi connectivity index (χ1n) is 4.43. The Balaban J connectivity index is 2.49. The molecule has 72 valence electrons. The van der Waals surface area contributed by atoms with Crippen LogP contribution in [-0.2, 0) is 0 Å². The number of rotatable bonds is 3. The van der Waals surface area contributed by atoms with Crippen LogP contribution in [0.5, 0.6) is 0 Å². The lowest BCUT2D eigenvalue weighted by Crippen LogP contribution is -2.26.